The first-order chi connectivity index (χ1) is 12.9. The van der Waals surface area contributed by atoms with E-state index in [0.29, 0.717) is 12.8 Å². The SMILES string of the molecule is Cc1[nH]c2ccccc2c1C(c1ccccc1)C1C(=O)CC(C)(C)CC1=O. The summed E-state index contributed by atoms with van der Waals surface area (Å²) in [6.07, 6.45) is 0.905. The van der Waals surface area contributed by atoms with Crippen LogP contribution in [0.5, 0.6) is 0 Å². The molecule has 1 aliphatic carbocycles. The van der Waals surface area contributed by atoms with Crippen molar-refractivity contribution in [3.05, 3.63) is 71.4 Å². The Hall–Kier alpha value is -2.68. The number of H-pyrrole nitrogens is 1. The Morgan fingerprint density at radius 2 is 1.52 bits per heavy atom. The summed E-state index contributed by atoms with van der Waals surface area (Å²) in [5.74, 6) is -0.735. The summed E-state index contributed by atoms with van der Waals surface area (Å²) in [4.78, 5) is 29.7. The van der Waals surface area contributed by atoms with Gasteiger partial charge in [-0.2, -0.15) is 0 Å². The Kier molecular flexibility index (Phi) is 4.26. The van der Waals surface area contributed by atoms with E-state index >= 15 is 0 Å². The fourth-order valence-electron chi connectivity index (χ4n) is 4.66. The smallest absolute Gasteiger partial charge is 0.144 e. The molecule has 1 aliphatic rings. The number of carbonyl (C=O) groups excluding carboxylic acids is 2. The molecule has 0 bridgehead atoms. The normalized spacial score (nSPS) is 18.8. The Morgan fingerprint density at radius 1 is 0.926 bits per heavy atom. The number of hydrogen-bond donors (Lipinski definition) is 1. The minimum atomic E-state index is -0.613. The molecule has 1 heterocycles. The first-order valence-electron chi connectivity index (χ1n) is 9.55. The first kappa shape index (κ1) is 17.7. The molecule has 0 saturated heterocycles. The predicted octanol–water partition coefficient (Wildman–Crippen LogP) is 5.18. The highest BCUT2D eigenvalue weighted by Gasteiger charge is 2.45. The molecule has 3 nitrogen and oxygen atoms in total. The number of aromatic nitrogens is 1. The lowest BCUT2D eigenvalue weighted by molar-refractivity contribution is -0.140. The number of ketones is 2. The van der Waals surface area contributed by atoms with Crippen LogP contribution in [0, 0.1) is 18.3 Å². The molecule has 3 heteroatoms. The monoisotopic (exact) mass is 359 g/mol. The van der Waals surface area contributed by atoms with Crippen molar-refractivity contribution in [3.8, 4) is 0 Å². The Morgan fingerprint density at radius 3 is 2.19 bits per heavy atom. The van der Waals surface area contributed by atoms with Gasteiger partial charge >= 0.3 is 0 Å². The molecule has 3 aromatic rings. The van der Waals surface area contributed by atoms with Crippen LogP contribution in [0.2, 0.25) is 0 Å². The average Bonchev–Trinajstić information content (AvgIpc) is 2.93. The molecule has 1 aromatic heterocycles. The lowest BCUT2D eigenvalue weighted by atomic mass is 9.65. The molecular weight excluding hydrogens is 334 g/mol. The molecule has 138 valence electrons. The Labute approximate surface area is 159 Å². The number of para-hydroxylation sites is 1. The van der Waals surface area contributed by atoms with Crippen molar-refractivity contribution in [1.29, 1.82) is 0 Å². The van der Waals surface area contributed by atoms with Gasteiger partial charge in [-0.05, 0) is 29.5 Å². The highest BCUT2D eigenvalue weighted by atomic mass is 16.2. The molecule has 4 rings (SSSR count). The van der Waals surface area contributed by atoms with Gasteiger partial charge in [-0.1, -0.05) is 62.4 Å². The maximum atomic E-state index is 13.1. The van der Waals surface area contributed by atoms with E-state index in [0.717, 1.165) is 27.7 Å². The second-order valence-corrected chi connectivity index (χ2v) is 8.53. The van der Waals surface area contributed by atoms with Crippen LogP contribution >= 0.6 is 0 Å². The van der Waals surface area contributed by atoms with Crippen molar-refractivity contribution >= 4 is 22.5 Å². The highest BCUT2D eigenvalue weighted by Crippen LogP contribution is 2.45. The van der Waals surface area contributed by atoms with Crippen LogP contribution in [-0.2, 0) is 9.59 Å². The van der Waals surface area contributed by atoms with Gasteiger partial charge in [0.25, 0.3) is 0 Å². The van der Waals surface area contributed by atoms with Crippen LogP contribution in [0.25, 0.3) is 10.9 Å². The number of nitrogens with one attached hydrogen (secondary N) is 1. The minimum Gasteiger partial charge on any atom is -0.358 e. The minimum absolute atomic E-state index is 0.0646. The van der Waals surface area contributed by atoms with Gasteiger partial charge in [0.2, 0.25) is 0 Å². The number of carbonyl (C=O) groups is 2. The molecular formula is C24H25NO2. The third-order valence-electron chi connectivity index (χ3n) is 5.75. The summed E-state index contributed by atoms with van der Waals surface area (Å²) in [6, 6.07) is 18.1. The van der Waals surface area contributed by atoms with Gasteiger partial charge in [0.05, 0.1) is 5.92 Å². The van der Waals surface area contributed by atoms with Crippen molar-refractivity contribution < 1.29 is 9.59 Å². The van der Waals surface area contributed by atoms with Crippen LogP contribution in [0.4, 0.5) is 0 Å². The van der Waals surface area contributed by atoms with E-state index in [1.54, 1.807) is 0 Å². The molecule has 1 atom stereocenters. The number of fused-ring (bicyclic) bond motifs is 1. The zero-order chi connectivity index (χ0) is 19.2. The van der Waals surface area contributed by atoms with Crippen molar-refractivity contribution in [2.75, 3.05) is 0 Å². The third-order valence-corrected chi connectivity index (χ3v) is 5.75. The summed E-state index contributed by atoms with van der Waals surface area (Å²) in [5, 5.41) is 1.09. The number of hydrogen-bond acceptors (Lipinski definition) is 2. The van der Waals surface area contributed by atoms with Gasteiger partial charge in [-0.25, -0.2) is 0 Å². The van der Waals surface area contributed by atoms with Gasteiger partial charge in [-0.3, -0.25) is 9.59 Å². The Balaban J connectivity index is 1.92. The zero-order valence-corrected chi connectivity index (χ0v) is 16.1. The van der Waals surface area contributed by atoms with Crippen LogP contribution in [0.3, 0.4) is 0 Å². The quantitative estimate of drug-likeness (QED) is 0.655. The van der Waals surface area contributed by atoms with Crippen LogP contribution in [0.1, 0.15) is 49.4 Å². The second-order valence-electron chi connectivity index (χ2n) is 8.53. The summed E-state index contributed by atoms with van der Waals surface area (Å²) in [7, 11) is 0. The molecule has 1 saturated carbocycles. The fraction of sp³-hybridized carbons (Fsp3) is 0.333. The summed E-state index contributed by atoms with van der Waals surface area (Å²) < 4.78 is 0. The van der Waals surface area contributed by atoms with E-state index in [-0.39, 0.29) is 22.9 Å². The van der Waals surface area contributed by atoms with Crippen LogP contribution in [0.15, 0.2) is 54.6 Å². The highest BCUT2D eigenvalue weighted by molar-refractivity contribution is 6.07. The van der Waals surface area contributed by atoms with Gasteiger partial charge in [0.15, 0.2) is 0 Å². The molecule has 2 aromatic carbocycles. The van der Waals surface area contributed by atoms with E-state index < -0.39 is 5.92 Å². The van der Waals surface area contributed by atoms with Crippen LogP contribution < -0.4 is 0 Å². The van der Waals surface area contributed by atoms with E-state index in [4.69, 9.17) is 0 Å². The number of aromatic amines is 1. The molecule has 1 unspecified atom stereocenters. The van der Waals surface area contributed by atoms with E-state index in [2.05, 4.69) is 11.1 Å². The van der Waals surface area contributed by atoms with Gasteiger partial charge in [0.1, 0.15) is 11.6 Å². The molecule has 27 heavy (non-hydrogen) atoms. The van der Waals surface area contributed by atoms with Crippen molar-refractivity contribution in [2.24, 2.45) is 11.3 Å². The van der Waals surface area contributed by atoms with Gasteiger partial charge < -0.3 is 4.98 Å². The van der Waals surface area contributed by atoms with Crippen LogP contribution in [-0.4, -0.2) is 16.6 Å². The third kappa shape index (κ3) is 3.12. The molecule has 1 N–H and O–H groups in total. The summed E-state index contributed by atoms with van der Waals surface area (Å²) >= 11 is 0. The topological polar surface area (TPSA) is 49.9 Å². The lowest BCUT2D eigenvalue weighted by Gasteiger charge is -2.36. The number of benzene rings is 2. The second kappa shape index (κ2) is 6.49. The summed E-state index contributed by atoms with van der Waals surface area (Å²) in [6.45, 7) is 6.05. The predicted molar refractivity (Wildman–Crippen MR) is 108 cm³/mol. The van der Waals surface area contributed by atoms with Crippen molar-refractivity contribution in [2.45, 2.75) is 39.5 Å². The van der Waals surface area contributed by atoms with Crippen molar-refractivity contribution in [1.82, 2.24) is 4.98 Å². The molecule has 0 aliphatic heterocycles. The summed E-state index contributed by atoms with van der Waals surface area (Å²) in [5.41, 5.74) is 3.92. The standard InChI is InChI=1S/C24H25NO2/c1-15-21(17-11-7-8-12-18(17)25-15)22(16-9-5-4-6-10-16)23-19(26)13-24(2,3)14-20(23)27/h4-12,22-23,25H,13-14H2,1-3H3. The van der Waals surface area contributed by atoms with Gasteiger partial charge in [-0.15, -0.1) is 0 Å². The average molecular weight is 359 g/mol. The molecule has 0 radical (unpaired) electrons. The number of Topliss-reactive ketones (excluding diaryl/α,β-unsaturated/α-hetero) is 2. The molecule has 0 spiro atoms. The fourth-order valence-corrected chi connectivity index (χ4v) is 4.66. The Bertz CT molecular complexity index is 993. The molecule has 1 fully saturated rings. The first-order valence-corrected chi connectivity index (χ1v) is 9.55. The maximum absolute atomic E-state index is 13.1. The largest absolute Gasteiger partial charge is 0.358 e. The zero-order valence-electron chi connectivity index (χ0n) is 16.1. The molecule has 0 amide bonds. The lowest BCUT2D eigenvalue weighted by Crippen LogP contribution is -2.41. The van der Waals surface area contributed by atoms with Gasteiger partial charge in [0, 0.05) is 35.4 Å². The number of aryl methyl sites for hydroxylation is 1. The maximum Gasteiger partial charge on any atom is 0.144 e. The van der Waals surface area contributed by atoms with E-state index in [1.807, 2.05) is 69.3 Å². The van der Waals surface area contributed by atoms with Crippen molar-refractivity contribution in [3.63, 3.8) is 0 Å². The number of rotatable bonds is 3. The van der Waals surface area contributed by atoms with E-state index in [9.17, 15) is 9.59 Å². The van der Waals surface area contributed by atoms with E-state index in [1.165, 1.54) is 0 Å².